The van der Waals surface area contributed by atoms with E-state index in [4.69, 9.17) is 0 Å². The highest BCUT2D eigenvalue weighted by Crippen LogP contribution is 2.23. The van der Waals surface area contributed by atoms with Gasteiger partial charge in [0.2, 0.25) is 0 Å². The van der Waals surface area contributed by atoms with E-state index in [2.05, 4.69) is 5.32 Å². The molecule has 0 saturated carbocycles. The molecule has 2 rings (SSSR count). The van der Waals surface area contributed by atoms with Crippen LogP contribution in [0, 0.1) is 0 Å². The lowest BCUT2D eigenvalue weighted by molar-refractivity contribution is 0.614. The SMILES string of the molecule is O=[SH](=O)Cc1ccc2c(c1)CCN2. The first-order valence-electron chi connectivity index (χ1n) is 4.23. The molecule has 1 aliphatic rings. The predicted molar refractivity (Wildman–Crippen MR) is 52.7 cm³/mol. The van der Waals surface area contributed by atoms with Crippen LogP contribution in [-0.4, -0.2) is 15.0 Å². The van der Waals surface area contributed by atoms with Crippen molar-refractivity contribution >= 4 is 16.4 Å². The Bertz CT molecular complexity index is 391. The maximum Gasteiger partial charge on any atom is 0.144 e. The number of anilines is 1. The van der Waals surface area contributed by atoms with Crippen LogP contribution in [0.5, 0.6) is 0 Å². The van der Waals surface area contributed by atoms with E-state index >= 15 is 0 Å². The van der Waals surface area contributed by atoms with E-state index < -0.39 is 10.7 Å². The van der Waals surface area contributed by atoms with Gasteiger partial charge < -0.3 is 5.32 Å². The highest BCUT2D eigenvalue weighted by Gasteiger charge is 2.09. The van der Waals surface area contributed by atoms with Crippen molar-refractivity contribution in [3.8, 4) is 0 Å². The minimum absolute atomic E-state index is 0.155. The Morgan fingerprint density at radius 3 is 3.00 bits per heavy atom. The lowest BCUT2D eigenvalue weighted by Crippen LogP contribution is -1.90. The van der Waals surface area contributed by atoms with Gasteiger partial charge in [0.25, 0.3) is 0 Å². The van der Waals surface area contributed by atoms with Crippen molar-refractivity contribution in [3.63, 3.8) is 0 Å². The molecule has 1 aromatic carbocycles. The summed E-state index contributed by atoms with van der Waals surface area (Å²) in [4.78, 5) is 0. The average molecular weight is 197 g/mol. The zero-order valence-corrected chi connectivity index (χ0v) is 8.01. The largest absolute Gasteiger partial charge is 0.384 e. The molecule has 0 amide bonds. The first kappa shape index (κ1) is 8.56. The smallest absolute Gasteiger partial charge is 0.144 e. The first-order valence-corrected chi connectivity index (χ1v) is 5.59. The van der Waals surface area contributed by atoms with Crippen LogP contribution in [0.15, 0.2) is 18.2 Å². The fourth-order valence-corrected chi connectivity index (χ4v) is 2.10. The molecule has 1 aliphatic heterocycles. The Kier molecular flexibility index (Phi) is 2.22. The van der Waals surface area contributed by atoms with Crippen LogP contribution < -0.4 is 5.32 Å². The molecular formula is C9H11NO2S. The van der Waals surface area contributed by atoms with Crippen molar-refractivity contribution in [3.05, 3.63) is 29.3 Å². The molecule has 0 spiro atoms. The molecule has 3 nitrogen and oxygen atoms in total. The third-order valence-electron chi connectivity index (χ3n) is 2.19. The number of hydrogen-bond donors (Lipinski definition) is 2. The van der Waals surface area contributed by atoms with E-state index in [1.807, 2.05) is 18.2 Å². The molecule has 0 aromatic heterocycles. The van der Waals surface area contributed by atoms with E-state index in [1.54, 1.807) is 0 Å². The number of nitrogens with one attached hydrogen (secondary N) is 1. The highest BCUT2D eigenvalue weighted by molar-refractivity contribution is 7.71. The normalized spacial score (nSPS) is 14.2. The predicted octanol–water partition coefficient (Wildman–Crippen LogP) is 0.766. The first-order chi connectivity index (χ1) is 6.25. The second-order valence-electron chi connectivity index (χ2n) is 3.16. The third-order valence-corrected chi connectivity index (χ3v) is 2.81. The topological polar surface area (TPSA) is 46.2 Å². The van der Waals surface area contributed by atoms with Crippen LogP contribution in [0.3, 0.4) is 0 Å². The standard InChI is InChI=1S/C9H11NO2S/c11-13(12)6-7-1-2-9-8(5-7)3-4-10-9/h1-2,5,10,13H,3-4,6H2. The maximum absolute atomic E-state index is 10.5. The Balaban J connectivity index is 2.30. The van der Waals surface area contributed by atoms with Crippen molar-refractivity contribution in [2.24, 2.45) is 0 Å². The molecule has 1 N–H and O–H groups in total. The molecule has 0 fully saturated rings. The molecule has 0 radical (unpaired) electrons. The second-order valence-corrected chi connectivity index (χ2v) is 4.14. The fourth-order valence-electron chi connectivity index (χ4n) is 1.61. The van der Waals surface area contributed by atoms with E-state index in [9.17, 15) is 8.42 Å². The summed E-state index contributed by atoms with van der Waals surface area (Å²) in [6, 6.07) is 5.79. The fraction of sp³-hybridized carbons (Fsp3) is 0.333. The van der Waals surface area contributed by atoms with Crippen molar-refractivity contribution in [1.29, 1.82) is 0 Å². The van der Waals surface area contributed by atoms with Gasteiger partial charge in [0, 0.05) is 12.2 Å². The van der Waals surface area contributed by atoms with Gasteiger partial charge in [-0.3, -0.25) is 0 Å². The van der Waals surface area contributed by atoms with Gasteiger partial charge in [-0.2, -0.15) is 0 Å². The van der Waals surface area contributed by atoms with E-state index in [0.29, 0.717) is 0 Å². The minimum Gasteiger partial charge on any atom is -0.384 e. The van der Waals surface area contributed by atoms with Crippen LogP contribution in [0.2, 0.25) is 0 Å². The van der Waals surface area contributed by atoms with E-state index in [1.165, 1.54) is 5.56 Å². The highest BCUT2D eigenvalue weighted by atomic mass is 32.2. The maximum atomic E-state index is 10.5. The van der Waals surface area contributed by atoms with Crippen LogP contribution in [0.1, 0.15) is 11.1 Å². The van der Waals surface area contributed by atoms with Gasteiger partial charge in [0.15, 0.2) is 0 Å². The van der Waals surface area contributed by atoms with Gasteiger partial charge in [0.1, 0.15) is 10.7 Å². The molecule has 0 saturated heterocycles. The Labute approximate surface area is 78.7 Å². The van der Waals surface area contributed by atoms with Gasteiger partial charge in [-0.05, 0) is 23.6 Å². The summed E-state index contributed by atoms with van der Waals surface area (Å²) in [5.74, 6) is 0.155. The summed E-state index contributed by atoms with van der Waals surface area (Å²) in [6.45, 7) is 0.961. The quantitative estimate of drug-likeness (QED) is 0.688. The van der Waals surface area contributed by atoms with Gasteiger partial charge in [-0.25, -0.2) is 8.42 Å². The summed E-state index contributed by atoms with van der Waals surface area (Å²) in [7, 11) is -2.30. The van der Waals surface area contributed by atoms with Crippen molar-refractivity contribution < 1.29 is 8.42 Å². The van der Waals surface area contributed by atoms with Crippen LogP contribution in [0.25, 0.3) is 0 Å². The molecule has 0 aliphatic carbocycles. The van der Waals surface area contributed by atoms with E-state index in [0.717, 1.165) is 24.2 Å². The summed E-state index contributed by atoms with van der Waals surface area (Å²) < 4.78 is 21.0. The van der Waals surface area contributed by atoms with Crippen LogP contribution in [0.4, 0.5) is 5.69 Å². The Hall–Kier alpha value is -1.03. The lowest BCUT2D eigenvalue weighted by atomic mass is 10.1. The molecule has 4 heteroatoms. The zero-order valence-electron chi connectivity index (χ0n) is 7.12. The zero-order chi connectivity index (χ0) is 9.26. The van der Waals surface area contributed by atoms with Crippen molar-refractivity contribution in [1.82, 2.24) is 0 Å². The van der Waals surface area contributed by atoms with Gasteiger partial charge in [-0.1, -0.05) is 12.1 Å². The second kappa shape index (κ2) is 3.38. The van der Waals surface area contributed by atoms with Crippen LogP contribution in [-0.2, 0) is 22.9 Å². The number of fused-ring (bicyclic) bond motifs is 1. The third kappa shape index (κ3) is 1.83. The Morgan fingerprint density at radius 2 is 2.23 bits per heavy atom. The summed E-state index contributed by atoms with van der Waals surface area (Å²) in [6.07, 6.45) is 0.999. The summed E-state index contributed by atoms with van der Waals surface area (Å²) in [5.41, 5.74) is 3.26. The van der Waals surface area contributed by atoms with Gasteiger partial charge in [0.05, 0.1) is 5.75 Å². The molecule has 0 unspecified atom stereocenters. The molecule has 1 aromatic rings. The molecule has 13 heavy (non-hydrogen) atoms. The summed E-state index contributed by atoms with van der Waals surface area (Å²) in [5, 5.41) is 3.23. The van der Waals surface area contributed by atoms with Gasteiger partial charge >= 0.3 is 0 Å². The number of hydrogen-bond acceptors (Lipinski definition) is 3. The van der Waals surface area contributed by atoms with Crippen molar-refractivity contribution in [2.75, 3.05) is 11.9 Å². The monoisotopic (exact) mass is 197 g/mol. The van der Waals surface area contributed by atoms with Gasteiger partial charge in [-0.15, -0.1) is 0 Å². The molecule has 70 valence electrons. The van der Waals surface area contributed by atoms with E-state index in [-0.39, 0.29) is 5.75 Å². The minimum atomic E-state index is -2.30. The Morgan fingerprint density at radius 1 is 1.38 bits per heavy atom. The molecule has 0 atom stereocenters. The molecular weight excluding hydrogens is 186 g/mol. The lowest BCUT2D eigenvalue weighted by Gasteiger charge is -2.00. The van der Waals surface area contributed by atoms with Crippen LogP contribution >= 0.6 is 0 Å². The molecule has 1 heterocycles. The number of benzene rings is 1. The van der Waals surface area contributed by atoms with Crippen molar-refractivity contribution in [2.45, 2.75) is 12.2 Å². The summed E-state index contributed by atoms with van der Waals surface area (Å²) >= 11 is 0. The molecule has 0 bridgehead atoms. The number of thiol groups is 1. The average Bonchev–Trinajstić information content (AvgIpc) is 2.49. The number of rotatable bonds is 2.